The van der Waals surface area contributed by atoms with Crippen LogP contribution < -0.4 is 4.74 Å². The first-order valence-corrected chi connectivity index (χ1v) is 6.91. The second-order valence-electron chi connectivity index (χ2n) is 4.60. The molecule has 0 saturated carbocycles. The maximum absolute atomic E-state index is 12.1. The Morgan fingerprint density at radius 1 is 1.10 bits per heavy atom. The van der Waals surface area contributed by atoms with Crippen LogP contribution in [0.3, 0.4) is 0 Å². The van der Waals surface area contributed by atoms with E-state index in [1.165, 1.54) is 0 Å². The van der Waals surface area contributed by atoms with E-state index in [-0.39, 0.29) is 12.4 Å². The van der Waals surface area contributed by atoms with Gasteiger partial charge < -0.3 is 4.74 Å². The zero-order valence-corrected chi connectivity index (χ0v) is 12.8. The predicted octanol–water partition coefficient (Wildman–Crippen LogP) is 4.87. The fourth-order valence-corrected chi connectivity index (χ4v) is 2.27. The van der Waals surface area contributed by atoms with E-state index in [1.807, 2.05) is 32.0 Å². The van der Waals surface area contributed by atoms with Crippen LogP contribution in [0.15, 0.2) is 36.4 Å². The molecule has 2 rings (SSSR count). The maximum atomic E-state index is 12.1. The molecule has 2 aromatic rings. The van der Waals surface area contributed by atoms with Crippen LogP contribution in [0.4, 0.5) is 0 Å². The number of benzene rings is 2. The Hall–Kier alpha value is -1.51. The summed E-state index contributed by atoms with van der Waals surface area (Å²) in [5.74, 6) is 0.329. The Labute approximate surface area is 128 Å². The summed E-state index contributed by atoms with van der Waals surface area (Å²) in [6.45, 7) is 3.83. The van der Waals surface area contributed by atoms with Gasteiger partial charge in [0.1, 0.15) is 5.75 Å². The number of Topliss-reactive ketones (excluding diaryl/α,β-unsaturated/α-hetero) is 1. The molecule has 0 bridgehead atoms. The highest BCUT2D eigenvalue weighted by molar-refractivity contribution is 6.34. The summed E-state index contributed by atoms with van der Waals surface area (Å²) in [4.78, 5) is 12.1. The summed E-state index contributed by atoms with van der Waals surface area (Å²) in [6, 6.07) is 10.6. The molecule has 4 heteroatoms. The summed E-state index contributed by atoms with van der Waals surface area (Å²) >= 11 is 11.9. The van der Waals surface area contributed by atoms with Gasteiger partial charge in [0.25, 0.3) is 0 Å². The molecule has 0 amide bonds. The number of halogens is 2. The van der Waals surface area contributed by atoms with E-state index in [0.29, 0.717) is 21.4 Å². The molecule has 0 atom stereocenters. The topological polar surface area (TPSA) is 26.3 Å². The Kier molecular flexibility index (Phi) is 4.69. The molecule has 20 heavy (non-hydrogen) atoms. The number of carbonyl (C=O) groups excluding carboxylic acids is 1. The predicted molar refractivity (Wildman–Crippen MR) is 82.2 cm³/mol. The van der Waals surface area contributed by atoms with E-state index < -0.39 is 0 Å². The largest absolute Gasteiger partial charge is 0.484 e. The number of ketones is 1. The lowest BCUT2D eigenvalue weighted by Gasteiger charge is -2.09. The van der Waals surface area contributed by atoms with Crippen LogP contribution in [0.5, 0.6) is 5.75 Å². The molecule has 0 aliphatic carbocycles. The van der Waals surface area contributed by atoms with Crippen molar-refractivity contribution in [3.8, 4) is 5.75 Å². The summed E-state index contributed by atoms with van der Waals surface area (Å²) in [6.07, 6.45) is 0. The maximum Gasteiger partial charge on any atom is 0.200 e. The molecule has 0 heterocycles. The van der Waals surface area contributed by atoms with Gasteiger partial charge in [0, 0.05) is 16.7 Å². The van der Waals surface area contributed by atoms with Gasteiger partial charge in [0.2, 0.25) is 0 Å². The van der Waals surface area contributed by atoms with E-state index in [9.17, 15) is 4.79 Å². The van der Waals surface area contributed by atoms with Gasteiger partial charge in [0.05, 0.1) is 5.02 Å². The third-order valence-electron chi connectivity index (χ3n) is 2.93. The standard InChI is InChI=1S/C16H14Cl2O2/c1-10-3-5-13(11(2)7-10)15(19)9-20-16-8-12(17)4-6-14(16)18/h3-8H,9H2,1-2H3. The summed E-state index contributed by atoms with van der Waals surface area (Å²) in [5.41, 5.74) is 2.72. The minimum Gasteiger partial charge on any atom is -0.484 e. The Bertz CT molecular complexity index is 651. The van der Waals surface area contributed by atoms with E-state index in [0.717, 1.165) is 11.1 Å². The van der Waals surface area contributed by atoms with Gasteiger partial charge in [-0.2, -0.15) is 0 Å². The number of hydrogen-bond donors (Lipinski definition) is 0. The third-order valence-corrected chi connectivity index (χ3v) is 3.48. The summed E-state index contributed by atoms with van der Waals surface area (Å²) in [5, 5.41) is 0.950. The van der Waals surface area contributed by atoms with Crippen molar-refractivity contribution >= 4 is 29.0 Å². The summed E-state index contributed by atoms with van der Waals surface area (Å²) in [7, 11) is 0. The van der Waals surface area contributed by atoms with Gasteiger partial charge in [-0.15, -0.1) is 0 Å². The molecule has 0 fully saturated rings. The second kappa shape index (κ2) is 6.29. The van der Waals surface area contributed by atoms with Crippen molar-refractivity contribution in [3.05, 3.63) is 63.1 Å². The number of carbonyl (C=O) groups is 1. The van der Waals surface area contributed by atoms with Gasteiger partial charge in [0.15, 0.2) is 12.4 Å². The molecule has 0 N–H and O–H groups in total. The molecule has 0 radical (unpaired) electrons. The van der Waals surface area contributed by atoms with Crippen LogP contribution in [0.1, 0.15) is 21.5 Å². The van der Waals surface area contributed by atoms with Crippen LogP contribution in [0.25, 0.3) is 0 Å². The average Bonchev–Trinajstić information content (AvgIpc) is 2.39. The fourth-order valence-electron chi connectivity index (χ4n) is 1.94. The molecule has 0 aliphatic heterocycles. The van der Waals surface area contributed by atoms with Gasteiger partial charge in [-0.3, -0.25) is 4.79 Å². The first-order valence-electron chi connectivity index (χ1n) is 6.15. The lowest BCUT2D eigenvalue weighted by molar-refractivity contribution is 0.0921. The molecule has 0 unspecified atom stereocenters. The number of rotatable bonds is 4. The molecule has 0 aliphatic rings. The Morgan fingerprint density at radius 2 is 1.85 bits per heavy atom. The van der Waals surface area contributed by atoms with E-state index in [1.54, 1.807) is 18.2 Å². The minimum atomic E-state index is -0.0847. The van der Waals surface area contributed by atoms with E-state index >= 15 is 0 Å². The van der Waals surface area contributed by atoms with Crippen LogP contribution in [-0.2, 0) is 0 Å². The fraction of sp³-hybridized carbons (Fsp3) is 0.188. The van der Waals surface area contributed by atoms with Crippen molar-refractivity contribution < 1.29 is 9.53 Å². The highest BCUT2D eigenvalue weighted by atomic mass is 35.5. The van der Waals surface area contributed by atoms with Crippen molar-refractivity contribution in [2.75, 3.05) is 6.61 Å². The smallest absolute Gasteiger partial charge is 0.200 e. The first kappa shape index (κ1) is 14.9. The lowest BCUT2D eigenvalue weighted by Crippen LogP contribution is -2.13. The van der Waals surface area contributed by atoms with Crippen molar-refractivity contribution in [3.63, 3.8) is 0 Å². The molecular weight excluding hydrogens is 295 g/mol. The van der Waals surface area contributed by atoms with E-state index in [2.05, 4.69) is 0 Å². The van der Waals surface area contributed by atoms with Gasteiger partial charge in [-0.1, -0.05) is 47.0 Å². The number of aryl methyl sites for hydroxylation is 2. The number of hydrogen-bond acceptors (Lipinski definition) is 2. The lowest BCUT2D eigenvalue weighted by atomic mass is 10.0. The third kappa shape index (κ3) is 3.53. The molecule has 2 aromatic carbocycles. The van der Waals surface area contributed by atoms with Crippen molar-refractivity contribution in [2.45, 2.75) is 13.8 Å². The molecule has 0 saturated heterocycles. The second-order valence-corrected chi connectivity index (χ2v) is 5.45. The van der Waals surface area contributed by atoms with Crippen LogP contribution in [0, 0.1) is 13.8 Å². The molecule has 104 valence electrons. The van der Waals surface area contributed by atoms with Crippen LogP contribution in [-0.4, -0.2) is 12.4 Å². The van der Waals surface area contributed by atoms with Crippen LogP contribution in [0.2, 0.25) is 10.0 Å². The average molecular weight is 309 g/mol. The zero-order chi connectivity index (χ0) is 14.7. The number of ether oxygens (including phenoxy) is 1. The monoisotopic (exact) mass is 308 g/mol. The van der Waals surface area contributed by atoms with Crippen molar-refractivity contribution in [1.29, 1.82) is 0 Å². The Morgan fingerprint density at radius 3 is 2.55 bits per heavy atom. The van der Waals surface area contributed by atoms with Gasteiger partial charge >= 0.3 is 0 Å². The SMILES string of the molecule is Cc1ccc(C(=O)COc2cc(Cl)ccc2Cl)c(C)c1. The highest BCUT2D eigenvalue weighted by Crippen LogP contribution is 2.27. The normalized spacial score (nSPS) is 10.4. The molecule has 0 aromatic heterocycles. The highest BCUT2D eigenvalue weighted by Gasteiger charge is 2.11. The van der Waals surface area contributed by atoms with Crippen molar-refractivity contribution in [1.82, 2.24) is 0 Å². The quantitative estimate of drug-likeness (QED) is 0.753. The Balaban J connectivity index is 2.10. The van der Waals surface area contributed by atoms with Gasteiger partial charge in [-0.25, -0.2) is 0 Å². The minimum absolute atomic E-state index is 0.0655. The molecular formula is C16H14Cl2O2. The molecule has 2 nitrogen and oxygen atoms in total. The first-order chi connectivity index (χ1) is 9.47. The van der Waals surface area contributed by atoms with Gasteiger partial charge in [-0.05, 0) is 31.5 Å². The van der Waals surface area contributed by atoms with E-state index in [4.69, 9.17) is 27.9 Å². The zero-order valence-electron chi connectivity index (χ0n) is 11.2. The van der Waals surface area contributed by atoms with Crippen LogP contribution >= 0.6 is 23.2 Å². The summed E-state index contributed by atoms with van der Waals surface area (Å²) < 4.78 is 5.45. The van der Waals surface area contributed by atoms with Crippen molar-refractivity contribution in [2.24, 2.45) is 0 Å². The molecule has 0 spiro atoms.